The summed E-state index contributed by atoms with van der Waals surface area (Å²) in [5, 5.41) is 8.73. The standard InChI is InChI=1S/C25H28Cl2FN7O2/c1-6-22(36)31-17-13-18(20(37-5)14-19(17)35(4)12-11-34(2)3)32-25-29-10-9-21(33-25)30-16-8-7-15(26)23(27)24(16)28/h6-10,13-14H,1,11-12H2,2-5H3,(H,31,36)(H2,29,30,32,33). The molecule has 12 heteroatoms. The molecule has 9 nitrogen and oxygen atoms in total. The number of nitrogens with zero attached hydrogens (tertiary/aromatic N) is 4. The number of amides is 1. The van der Waals surface area contributed by atoms with Crippen LogP contribution in [0.2, 0.25) is 10.0 Å². The summed E-state index contributed by atoms with van der Waals surface area (Å²) in [7, 11) is 7.44. The number of aromatic nitrogens is 2. The Morgan fingerprint density at radius 2 is 1.86 bits per heavy atom. The molecular formula is C25H28Cl2FN7O2. The summed E-state index contributed by atoms with van der Waals surface area (Å²) in [4.78, 5) is 24.9. The SMILES string of the molecule is C=CC(=O)Nc1cc(Nc2nccc(Nc3ccc(Cl)c(Cl)c3F)n2)c(OC)cc1N(C)CCN(C)C. The maximum Gasteiger partial charge on any atom is 0.247 e. The van der Waals surface area contributed by atoms with Gasteiger partial charge in [-0.3, -0.25) is 4.79 Å². The topological polar surface area (TPSA) is 94.6 Å². The smallest absolute Gasteiger partial charge is 0.247 e. The largest absolute Gasteiger partial charge is 0.494 e. The van der Waals surface area contributed by atoms with Crippen LogP contribution >= 0.6 is 23.2 Å². The van der Waals surface area contributed by atoms with Crippen molar-refractivity contribution >= 4 is 63.6 Å². The van der Waals surface area contributed by atoms with E-state index in [1.54, 1.807) is 12.1 Å². The van der Waals surface area contributed by atoms with Gasteiger partial charge in [-0.1, -0.05) is 29.8 Å². The van der Waals surface area contributed by atoms with Gasteiger partial charge in [-0.15, -0.1) is 0 Å². The Morgan fingerprint density at radius 3 is 2.54 bits per heavy atom. The minimum Gasteiger partial charge on any atom is -0.494 e. The van der Waals surface area contributed by atoms with Crippen LogP contribution in [0.15, 0.2) is 49.2 Å². The van der Waals surface area contributed by atoms with Gasteiger partial charge in [-0.05, 0) is 44.4 Å². The predicted octanol–water partition coefficient (Wildman–Crippen LogP) is 5.54. The molecule has 1 amide bonds. The highest BCUT2D eigenvalue weighted by molar-refractivity contribution is 6.42. The summed E-state index contributed by atoms with van der Waals surface area (Å²) >= 11 is 11.8. The predicted molar refractivity (Wildman–Crippen MR) is 149 cm³/mol. The first-order valence-electron chi connectivity index (χ1n) is 11.1. The Morgan fingerprint density at radius 1 is 1.11 bits per heavy atom. The van der Waals surface area contributed by atoms with E-state index in [2.05, 4.69) is 37.4 Å². The highest BCUT2D eigenvalue weighted by Crippen LogP contribution is 2.38. The lowest BCUT2D eigenvalue weighted by molar-refractivity contribution is -0.111. The average Bonchev–Trinajstić information content (AvgIpc) is 2.88. The Bertz CT molecular complexity index is 1290. The van der Waals surface area contributed by atoms with Crippen molar-refractivity contribution in [1.82, 2.24) is 14.9 Å². The van der Waals surface area contributed by atoms with Crippen LogP contribution in [-0.2, 0) is 4.79 Å². The van der Waals surface area contributed by atoms with E-state index in [4.69, 9.17) is 27.9 Å². The lowest BCUT2D eigenvalue weighted by Crippen LogP contribution is -2.29. The van der Waals surface area contributed by atoms with Crippen molar-refractivity contribution in [3.63, 3.8) is 0 Å². The summed E-state index contributed by atoms with van der Waals surface area (Å²) in [6, 6.07) is 8.05. The molecule has 37 heavy (non-hydrogen) atoms. The van der Waals surface area contributed by atoms with Crippen LogP contribution in [0.5, 0.6) is 5.75 Å². The fourth-order valence-electron chi connectivity index (χ4n) is 3.28. The van der Waals surface area contributed by atoms with Crippen LogP contribution in [0.4, 0.5) is 38.9 Å². The van der Waals surface area contributed by atoms with Gasteiger partial charge in [0.15, 0.2) is 5.82 Å². The summed E-state index contributed by atoms with van der Waals surface area (Å²) in [6.07, 6.45) is 2.70. The maximum absolute atomic E-state index is 14.5. The number of hydrogen-bond acceptors (Lipinski definition) is 8. The van der Waals surface area contributed by atoms with E-state index < -0.39 is 5.82 Å². The van der Waals surface area contributed by atoms with Crippen LogP contribution in [0.3, 0.4) is 0 Å². The molecule has 0 unspecified atom stereocenters. The highest BCUT2D eigenvalue weighted by Gasteiger charge is 2.17. The van der Waals surface area contributed by atoms with Crippen LogP contribution in [0, 0.1) is 5.82 Å². The van der Waals surface area contributed by atoms with Gasteiger partial charge in [-0.2, -0.15) is 4.98 Å². The number of anilines is 6. The molecule has 196 valence electrons. The third-order valence-corrected chi connectivity index (χ3v) is 6.04. The lowest BCUT2D eigenvalue weighted by atomic mass is 10.2. The number of methoxy groups -OCH3 is 1. The van der Waals surface area contributed by atoms with E-state index in [0.717, 1.165) is 12.2 Å². The molecule has 0 aliphatic heterocycles. The van der Waals surface area contributed by atoms with E-state index in [0.29, 0.717) is 29.5 Å². The van der Waals surface area contributed by atoms with Crippen LogP contribution in [0.1, 0.15) is 0 Å². The van der Waals surface area contributed by atoms with Crippen molar-refractivity contribution in [1.29, 1.82) is 0 Å². The molecule has 0 atom stereocenters. The van der Waals surface area contributed by atoms with Crippen molar-refractivity contribution < 1.29 is 13.9 Å². The summed E-state index contributed by atoms with van der Waals surface area (Å²) in [6.45, 7) is 5.05. The second-order valence-corrected chi connectivity index (χ2v) is 9.01. The van der Waals surface area contributed by atoms with Crippen molar-refractivity contribution in [2.24, 2.45) is 0 Å². The van der Waals surface area contributed by atoms with Crippen molar-refractivity contribution in [2.45, 2.75) is 0 Å². The molecule has 2 aromatic carbocycles. The number of hydrogen-bond donors (Lipinski definition) is 3. The summed E-state index contributed by atoms with van der Waals surface area (Å²) in [5.74, 6) is -0.0294. The van der Waals surface area contributed by atoms with Crippen LogP contribution in [0.25, 0.3) is 0 Å². The lowest BCUT2D eigenvalue weighted by Gasteiger charge is -2.26. The second kappa shape index (κ2) is 12.6. The zero-order chi connectivity index (χ0) is 27.1. The molecule has 0 radical (unpaired) electrons. The average molecular weight is 548 g/mol. The van der Waals surface area contributed by atoms with Gasteiger partial charge in [0.05, 0.1) is 39.9 Å². The molecule has 0 fully saturated rings. The van der Waals surface area contributed by atoms with E-state index >= 15 is 0 Å². The normalized spacial score (nSPS) is 10.7. The number of likely N-dealkylation sites (N-methyl/N-ethyl adjacent to an activating group) is 2. The zero-order valence-electron chi connectivity index (χ0n) is 20.9. The van der Waals surface area contributed by atoms with E-state index in [9.17, 15) is 9.18 Å². The molecule has 1 heterocycles. The molecule has 0 spiro atoms. The molecule has 0 saturated carbocycles. The Hall–Kier alpha value is -3.60. The second-order valence-electron chi connectivity index (χ2n) is 8.23. The van der Waals surface area contributed by atoms with E-state index in [1.165, 1.54) is 31.5 Å². The van der Waals surface area contributed by atoms with Gasteiger partial charge in [0, 0.05) is 32.4 Å². The fraction of sp³-hybridized carbons (Fsp3) is 0.240. The van der Waals surface area contributed by atoms with Crippen molar-refractivity contribution in [3.05, 3.63) is 65.0 Å². The third kappa shape index (κ3) is 7.22. The number of halogens is 3. The van der Waals surface area contributed by atoms with Gasteiger partial charge < -0.3 is 30.5 Å². The Kier molecular flexibility index (Phi) is 9.51. The van der Waals surface area contributed by atoms with Crippen LogP contribution in [-0.4, -0.2) is 62.1 Å². The molecule has 0 aliphatic carbocycles. The minimum atomic E-state index is -0.694. The van der Waals surface area contributed by atoms with Gasteiger partial charge in [0.2, 0.25) is 11.9 Å². The van der Waals surface area contributed by atoms with E-state index in [1.807, 2.05) is 32.1 Å². The molecule has 3 aromatic rings. The molecule has 3 rings (SSSR count). The first-order valence-corrected chi connectivity index (χ1v) is 11.9. The number of carbonyl (C=O) groups excluding carboxylic acids is 1. The molecule has 3 N–H and O–H groups in total. The third-order valence-electron chi connectivity index (χ3n) is 5.25. The first-order chi connectivity index (χ1) is 17.6. The summed E-state index contributed by atoms with van der Waals surface area (Å²) in [5.41, 5.74) is 1.91. The fourth-order valence-corrected chi connectivity index (χ4v) is 3.59. The first kappa shape index (κ1) is 28.0. The minimum absolute atomic E-state index is 0.108. The van der Waals surface area contributed by atoms with Gasteiger partial charge in [0.25, 0.3) is 0 Å². The van der Waals surface area contributed by atoms with Gasteiger partial charge in [0.1, 0.15) is 11.6 Å². The van der Waals surface area contributed by atoms with Crippen LogP contribution < -0.4 is 25.6 Å². The van der Waals surface area contributed by atoms with Crippen molar-refractivity contribution in [3.8, 4) is 5.75 Å². The number of benzene rings is 2. The molecule has 1 aromatic heterocycles. The zero-order valence-corrected chi connectivity index (χ0v) is 22.4. The molecule has 0 bridgehead atoms. The number of nitrogens with one attached hydrogen (secondary N) is 3. The summed E-state index contributed by atoms with van der Waals surface area (Å²) < 4.78 is 20.1. The monoisotopic (exact) mass is 547 g/mol. The van der Waals surface area contributed by atoms with E-state index in [-0.39, 0.29) is 27.6 Å². The number of carbonyl (C=O) groups is 1. The van der Waals surface area contributed by atoms with Gasteiger partial charge in [-0.25, -0.2) is 9.37 Å². The molecular weight excluding hydrogens is 520 g/mol. The number of rotatable bonds is 11. The Balaban J connectivity index is 1.93. The highest BCUT2D eigenvalue weighted by atomic mass is 35.5. The molecule has 0 saturated heterocycles. The Labute approximate surface area is 225 Å². The van der Waals surface area contributed by atoms with Crippen molar-refractivity contribution in [2.75, 3.05) is 62.2 Å². The quantitative estimate of drug-likeness (QED) is 0.213. The number of ether oxygens (including phenoxy) is 1. The molecule has 0 aliphatic rings. The van der Waals surface area contributed by atoms with Gasteiger partial charge >= 0.3 is 0 Å². The maximum atomic E-state index is 14.5.